The number of carbonyl (C=O) groups excluding carboxylic acids is 3. The van der Waals surface area contributed by atoms with Gasteiger partial charge in [0.1, 0.15) is 12.1 Å². The first-order valence-corrected chi connectivity index (χ1v) is 10.4. The standard InChI is InChI=1S/C21H23N3O3S/c1-3-13-21(15-7-5-4-6-8-15)19(26)24(20(27)23-21)14-18(25)22-16-9-11-17(28-2)12-10-16/h4-12H,3,13-14H2,1-2H3,(H,22,25)(H,23,27). The van der Waals surface area contributed by atoms with Crippen LogP contribution in [0.5, 0.6) is 0 Å². The normalized spacial score (nSPS) is 18.9. The Morgan fingerprint density at radius 2 is 1.79 bits per heavy atom. The zero-order valence-electron chi connectivity index (χ0n) is 15.9. The number of nitrogens with zero attached hydrogens (tertiary/aromatic N) is 1. The SMILES string of the molecule is CCCC1(c2ccccc2)NC(=O)N(CC(=O)Nc2ccc(SC)cc2)C1=O. The first kappa shape index (κ1) is 19.9. The lowest BCUT2D eigenvalue weighted by atomic mass is 9.85. The topological polar surface area (TPSA) is 78.5 Å². The Kier molecular flexibility index (Phi) is 6.04. The lowest BCUT2D eigenvalue weighted by Gasteiger charge is -2.26. The molecule has 0 aromatic heterocycles. The van der Waals surface area contributed by atoms with Gasteiger partial charge in [-0.05, 0) is 42.5 Å². The summed E-state index contributed by atoms with van der Waals surface area (Å²) in [5.74, 6) is -0.806. The molecule has 0 saturated carbocycles. The maximum Gasteiger partial charge on any atom is 0.325 e. The predicted octanol–water partition coefficient (Wildman–Crippen LogP) is 3.59. The molecule has 0 spiro atoms. The summed E-state index contributed by atoms with van der Waals surface area (Å²) in [6.07, 6.45) is 3.15. The largest absolute Gasteiger partial charge is 0.325 e. The Bertz CT molecular complexity index is 870. The first-order valence-electron chi connectivity index (χ1n) is 9.13. The van der Waals surface area contributed by atoms with Gasteiger partial charge in [0.2, 0.25) is 5.91 Å². The highest BCUT2D eigenvalue weighted by molar-refractivity contribution is 7.98. The average molecular weight is 398 g/mol. The summed E-state index contributed by atoms with van der Waals surface area (Å²) in [6.45, 7) is 1.63. The van der Waals surface area contributed by atoms with Gasteiger partial charge in [-0.15, -0.1) is 11.8 Å². The molecule has 2 N–H and O–H groups in total. The van der Waals surface area contributed by atoms with E-state index in [4.69, 9.17) is 0 Å². The van der Waals surface area contributed by atoms with Crippen molar-refractivity contribution in [3.05, 3.63) is 60.2 Å². The highest BCUT2D eigenvalue weighted by Gasteiger charge is 2.52. The van der Waals surface area contributed by atoms with Crippen LogP contribution in [0.25, 0.3) is 0 Å². The summed E-state index contributed by atoms with van der Waals surface area (Å²) in [7, 11) is 0. The second kappa shape index (κ2) is 8.48. The molecule has 3 rings (SSSR count). The van der Waals surface area contributed by atoms with Crippen LogP contribution < -0.4 is 10.6 Å². The molecule has 28 heavy (non-hydrogen) atoms. The van der Waals surface area contributed by atoms with E-state index in [0.29, 0.717) is 18.5 Å². The fraction of sp³-hybridized carbons (Fsp3) is 0.286. The number of thioether (sulfide) groups is 1. The van der Waals surface area contributed by atoms with Gasteiger partial charge in [-0.3, -0.25) is 14.5 Å². The lowest BCUT2D eigenvalue weighted by Crippen LogP contribution is -2.44. The minimum atomic E-state index is -1.12. The van der Waals surface area contributed by atoms with Crippen molar-refractivity contribution in [1.82, 2.24) is 10.2 Å². The van der Waals surface area contributed by atoms with Crippen LogP contribution in [0.3, 0.4) is 0 Å². The molecule has 146 valence electrons. The quantitative estimate of drug-likeness (QED) is 0.553. The van der Waals surface area contributed by atoms with E-state index in [1.54, 1.807) is 23.9 Å². The van der Waals surface area contributed by atoms with Crippen molar-refractivity contribution in [1.29, 1.82) is 0 Å². The average Bonchev–Trinajstić information content (AvgIpc) is 2.94. The summed E-state index contributed by atoms with van der Waals surface area (Å²) < 4.78 is 0. The number of benzene rings is 2. The van der Waals surface area contributed by atoms with Crippen LogP contribution in [0.1, 0.15) is 25.3 Å². The molecule has 1 saturated heterocycles. The third-order valence-corrected chi connectivity index (χ3v) is 5.49. The van der Waals surface area contributed by atoms with Crippen molar-refractivity contribution in [2.24, 2.45) is 0 Å². The number of carbonyl (C=O) groups is 3. The number of rotatable bonds is 7. The Morgan fingerprint density at radius 3 is 2.39 bits per heavy atom. The third-order valence-electron chi connectivity index (χ3n) is 4.74. The number of imide groups is 1. The molecule has 0 bridgehead atoms. The van der Waals surface area contributed by atoms with E-state index in [9.17, 15) is 14.4 Å². The Balaban J connectivity index is 1.76. The van der Waals surface area contributed by atoms with Gasteiger partial charge in [0.15, 0.2) is 0 Å². The molecule has 4 amide bonds. The number of nitrogens with one attached hydrogen (secondary N) is 2. The Labute approximate surface area is 168 Å². The van der Waals surface area contributed by atoms with E-state index >= 15 is 0 Å². The van der Waals surface area contributed by atoms with Crippen LogP contribution in [0.4, 0.5) is 10.5 Å². The van der Waals surface area contributed by atoms with Crippen molar-refractivity contribution in [3.63, 3.8) is 0 Å². The molecule has 1 atom stereocenters. The van der Waals surface area contributed by atoms with Crippen LogP contribution in [0.15, 0.2) is 59.5 Å². The van der Waals surface area contributed by atoms with Crippen LogP contribution in [0.2, 0.25) is 0 Å². The third kappa shape index (κ3) is 3.89. The Morgan fingerprint density at radius 1 is 1.11 bits per heavy atom. The fourth-order valence-corrected chi connectivity index (χ4v) is 3.80. The minimum Gasteiger partial charge on any atom is -0.325 e. The van der Waals surface area contributed by atoms with E-state index in [1.807, 2.05) is 55.6 Å². The number of urea groups is 1. The molecule has 1 aliphatic rings. The summed E-state index contributed by atoms with van der Waals surface area (Å²) >= 11 is 1.61. The molecule has 7 heteroatoms. The van der Waals surface area contributed by atoms with E-state index < -0.39 is 23.4 Å². The maximum absolute atomic E-state index is 13.2. The van der Waals surface area contributed by atoms with Crippen molar-refractivity contribution in [2.75, 3.05) is 18.1 Å². The minimum absolute atomic E-state index is 0.326. The van der Waals surface area contributed by atoms with Crippen molar-refractivity contribution in [3.8, 4) is 0 Å². The van der Waals surface area contributed by atoms with Gasteiger partial charge in [-0.1, -0.05) is 43.7 Å². The summed E-state index contributed by atoms with van der Waals surface area (Å²) in [4.78, 5) is 40.2. The molecule has 1 fully saturated rings. The zero-order valence-corrected chi connectivity index (χ0v) is 16.7. The van der Waals surface area contributed by atoms with Gasteiger partial charge in [0.05, 0.1) is 0 Å². The van der Waals surface area contributed by atoms with Gasteiger partial charge in [0, 0.05) is 10.6 Å². The van der Waals surface area contributed by atoms with Crippen molar-refractivity contribution >= 4 is 35.3 Å². The Hall–Kier alpha value is -2.80. The predicted molar refractivity (Wildman–Crippen MR) is 110 cm³/mol. The summed E-state index contributed by atoms with van der Waals surface area (Å²) in [5.41, 5.74) is 0.233. The molecule has 2 aromatic carbocycles. The second-order valence-electron chi connectivity index (χ2n) is 6.62. The number of hydrogen-bond donors (Lipinski definition) is 2. The molecule has 0 radical (unpaired) electrons. The van der Waals surface area contributed by atoms with Crippen LogP contribution >= 0.6 is 11.8 Å². The highest BCUT2D eigenvalue weighted by Crippen LogP contribution is 2.33. The molecule has 6 nitrogen and oxygen atoms in total. The summed E-state index contributed by atoms with van der Waals surface area (Å²) in [5, 5.41) is 5.56. The summed E-state index contributed by atoms with van der Waals surface area (Å²) in [6, 6.07) is 16.0. The molecule has 2 aromatic rings. The van der Waals surface area contributed by atoms with Gasteiger partial charge >= 0.3 is 6.03 Å². The molecule has 1 unspecified atom stereocenters. The second-order valence-corrected chi connectivity index (χ2v) is 7.50. The number of amides is 4. The molecular formula is C21H23N3O3S. The van der Waals surface area contributed by atoms with Gasteiger partial charge in [-0.2, -0.15) is 0 Å². The number of anilines is 1. The van der Waals surface area contributed by atoms with E-state index in [0.717, 1.165) is 15.4 Å². The number of hydrogen-bond acceptors (Lipinski definition) is 4. The van der Waals surface area contributed by atoms with Crippen molar-refractivity contribution < 1.29 is 14.4 Å². The van der Waals surface area contributed by atoms with Gasteiger partial charge < -0.3 is 10.6 Å². The van der Waals surface area contributed by atoms with Crippen LogP contribution in [-0.2, 0) is 15.1 Å². The van der Waals surface area contributed by atoms with E-state index in [1.165, 1.54) is 0 Å². The van der Waals surface area contributed by atoms with Crippen LogP contribution in [-0.4, -0.2) is 35.5 Å². The zero-order chi connectivity index (χ0) is 20.1. The monoisotopic (exact) mass is 397 g/mol. The van der Waals surface area contributed by atoms with Gasteiger partial charge in [0.25, 0.3) is 5.91 Å². The smallest absolute Gasteiger partial charge is 0.325 e. The van der Waals surface area contributed by atoms with Crippen LogP contribution in [0, 0.1) is 0 Å². The molecule has 0 aliphatic carbocycles. The fourth-order valence-electron chi connectivity index (χ4n) is 3.40. The molecular weight excluding hydrogens is 374 g/mol. The highest BCUT2D eigenvalue weighted by atomic mass is 32.2. The molecule has 1 aliphatic heterocycles. The van der Waals surface area contributed by atoms with E-state index in [-0.39, 0.29) is 6.54 Å². The lowest BCUT2D eigenvalue weighted by molar-refractivity contribution is -0.134. The van der Waals surface area contributed by atoms with Gasteiger partial charge in [-0.25, -0.2) is 4.79 Å². The first-order chi connectivity index (χ1) is 13.5. The van der Waals surface area contributed by atoms with Crippen molar-refractivity contribution in [2.45, 2.75) is 30.2 Å². The molecule has 1 heterocycles. The van der Waals surface area contributed by atoms with E-state index in [2.05, 4.69) is 10.6 Å². The maximum atomic E-state index is 13.2.